The summed E-state index contributed by atoms with van der Waals surface area (Å²) in [6.07, 6.45) is -0.946. The van der Waals surface area contributed by atoms with Crippen LogP contribution in [0.25, 0.3) is 0 Å². The lowest BCUT2D eigenvalue weighted by Crippen LogP contribution is -2.33. The molecule has 0 N–H and O–H groups in total. The Hall–Kier alpha value is -1.33. The predicted octanol–water partition coefficient (Wildman–Crippen LogP) is 1.82. The minimum Gasteiger partial charge on any atom is -0.460 e. The largest absolute Gasteiger partial charge is 0.460 e. The molecule has 0 bridgehead atoms. The summed E-state index contributed by atoms with van der Waals surface area (Å²) in [5, 5.41) is 0. The first kappa shape index (κ1) is 12.1. The van der Waals surface area contributed by atoms with E-state index in [4.69, 9.17) is 18.6 Å². The Morgan fingerprint density at radius 1 is 1.47 bits per heavy atom. The molecule has 2 heterocycles. The van der Waals surface area contributed by atoms with Crippen molar-refractivity contribution in [3.8, 4) is 0 Å². The standard InChI is InChI=1S/C12H16O5/c1-3-14-6-9-4-5-10(16-9)11-7-15-8(2)12(13)17-11/h4-5,8,11H,3,6-7H2,1-2H3. The smallest absolute Gasteiger partial charge is 0.335 e. The van der Waals surface area contributed by atoms with Crippen molar-refractivity contribution >= 4 is 5.97 Å². The van der Waals surface area contributed by atoms with E-state index >= 15 is 0 Å². The third-order valence-corrected chi connectivity index (χ3v) is 2.54. The Morgan fingerprint density at radius 3 is 3.00 bits per heavy atom. The molecule has 94 valence electrons. The molecule has 2 rings (SSSR count). The Bertz CT molecular complexity index is 384. The van der Waals surface area contributed by atoms with Crippen molar-refractivity contribution in [1.29, 1.82) is 0 Å². The summed E-state index contributed by atoms with van der Waals surface area (Å²) >= 11 is 0. The molecule has 17 heavy (non-hydrogen) atoms. The number of esters is 1. The van der Waals surface area contributed by atoms with E-state index in [-0.39, 0.29) is 5.97 Å². The lowest BCUT2D eigenvalue weighted by molar-refractivity contribution is -0.184. The van der Waals surface area contributed by atoms with Crippen LogP contribution >= 0.6 is 0 Å². The second-order valence-corrected chi connectivity index (χ2v) is 3.84. The van der Waals surface area contributed by atoms with Crippen LogP contribution in [0, 0.1) is 0 Å². The highest BCUT2D eigenvalue weighted by Crippen LogP contribution is 2.25. The molecule has 5 heteroatoms. The first-order valence-electron chi connectivity index (χ1n) is 5.69. The average molecular weight is 240 g/mol. The van der Waals surface area contributed by atoms with Crippen molar-refractivity contribution in [3.05, 3.63) is 23.7 Å². The lowest BCUT2D eigenvalue weighted by atomic mass is 10.2. The van der Waals surface area contributed by atoms with E-state index in [2.05, 4.69) is 0 Å². The molecule has 0 aromatic carbocycles. The van der Waals surface area contributed by atoms with Crippen LogP contribution in [0.4, 0.5) is 0 Å². The molecule has 0 radical (unpaired) electrons. The van der Waals surface area contributed by atoms with E-state index in [0.29, 0.717) is 25.6 Å². The predicted molar refractivity (Wildman–Crippen MR) is 58.3 cm³/mol. The van der Waals surface area contributed by atoms with Gasteiger partial charge in [-0.15, -0.1) is 0 Å². The topological polar surface area (TPSA) is 57.9 Å². The number of rotatable bonds is 4. The van der Waals surface area contributed by atoms with Gasteiger partial charge >= 0.3 is 5.97 Å². The third-order valence-electron chi connectivity index (χ3n) is 2.54. The number of furan rings is 1. The molecule has 5 nitrogen and oxygen atoms in total. The fourth-order valence-electron chi connectivity index (χ4n) is 1.56. The Morgan fingerprint density at radius 2 is 2.29 bits per heavy atom. The van der Waals surface area contributed by atoms with Gasteiger partial charge in [-0.25, -0.2) is 4.79 Å². The van der Waals surface area contributed by atoms with E-state index < -0.39 is 12.2 Å². The molecule has 1 aliphatic heterocycles. The Labute approximate surface area is 99.6 Å². The molecule has 0 saturated carbocycles. The van der Waals surface area contributed by atoms with Gasteiger partial charge in [0.25, 0.3) is 0 Å². The van der Waals surface area contributed by atoms with Crippen LogP contribution < -0.4 is 0 Å². The minimum absolute atomic E-state index is 0.328. The molecule has 1 aromatic rings. The van der Waals surface area contributed by atoms with Gasteiger partial charge in [-0.3, -0.25) is 0 Å². The summed E-state index contributed by atoms with van der Waals surface area (Å²) in [5.74, 6) is 0.959. The normalized spacial score (nSPS) is 24.7. The second kappa shape index (κ2) is 5.33. The Kier molecular flexibility index (Phi) is 3.81. The number of carbonyl (C=O) groups excluding carboxylic acids is 1. The number of ether oxygens (including phenoxy) is 3. The monoisotopic (exact) mass is 240 g/mol. The van der Waals surface area contributed by atoms with Gasteiger partial charge < -0.3 is 18.6 Å². The van der Waals surface area contributed by atoms with E-state index in [1.54, 1.807) is 13.0 Å². The molecule has 2 unspecified atom stereocenters. The zero-order chi connectivity index (χ0) is 12.3. The van der Waals surface area contributed by atoms with Gasteiger partial charge in [-0.2, -0.15) is 0 Å². The maximum Gasteiger partial charge on any atom is 0.335 e. The molecule has 1 aromatic heterocycles. The van der Waals surface area contributed by atoms with Crippen LogP contribution in [-0.4, -0.2) is 25.3 Å². The second-order valence-electron chi connectivity index (χ2n) is 3.84. The average Bonchev–Trinajstić information content (AvgIpc) is 2.79. The summed E-state index contributed by atoms with van der Waals surface area (Å²) in [6.45, 7) is 4.97. The van der Waals surface area contributed by atoms with E-state index in [0.717, 1.165) is 5.76 Å². The minimum atomic E-state index is -0.496. The van der Waals surface area contributed by atoms with Crippen molar-refractivity contribution in [2.75, 3.05) is 13.2 Å². The van der Waals surface area contributed by atoms with Gasteiger partial charge in [0.1, 0.15) is 18.1 Å². The van der Waals surface area contributed by atoms with Crippen LogP contribution in [0.2, 0.25) is 0 Å². The number of hydrogen-bond acceptors (Lipinski definition) is 5. The van der Waals surface area contributed by atoms with Gasteiger partial charge in [0.05, 0.1) is 6.61 Å². The van der Waals surface area contributed by atoms with E-state index in [1.807, 2.05) is 13.0 Å². The van der Waals surface area contributed by atoms with Crippen molar-refractivity contribution in [2.24, 2.45) is 0 Å². The first-order chi connectivity index (χ1) is 8.20. The van der Waals surface area contributed by atoms with Crippen molar-refractivity contribution in [2.45, 2.75) is 32.7 Å². The summed E-state index contributed by atoms with van der Waals surface area (Å²) in [7, 11) is 0. The molecule has 0 spiro atoms. The highest BCUT2D eigenvalue weighted by molar-refractivity contribution is 5.75. The third kappa shape index (κ3) is 2.87. The van der Waals surface area contributed by atoms with Crippen LogP contribution in [0.1, 0.15) is 31.5 Å². The number of hydrogen-bond donors (Lipinski definition) is 0. The molecule has 1 fully saturated rings. The molecule has 2 atom stereocenters. The molecule has 1 aliphatic rings. The summed E-state index contributed by atoms with van der Waals surface area (Å²) in [4.78, 5) is 11.3. The SMILES string of the molecule is CCOCc1ccc(C2COC(C)C(=O)O2)o1. The zero-order valence-corrected chi connectivity index (χ0v) is 9.97. The van der Waals surface area contributed by atoms with E-state index in [9.17, 15) is 4.79 Å². The highest BCUT2D eigenvalue weighted by atomic mass is 16.6. The lowest BCUT2D eigenvalue weighted by Gasteiger charge is -2.25. The van der Waals surface area contributed by atoms with Gasteiger partial charge in [-0.1, -0.05) is 0 Å². The van der Waals surface area contributed by atoms with Gasteiger partial charge in [0, 0.05) is 6.61 Å². The molecule has 0 amide bonds. The van der Waals surface area contributed by atoms with E-state index in [1.165, 1.54) is 0 Å². The van der Waals surface area contributed by atoms with Crippen molar-refractivity contribution < 1.29 is 23.4 Å². The first-order valence-corrected chi connectivity index (χ1v) is 5.69. The molecular formula is C12H16O5. The fraction of sp³-hybridized carbons (Fsp3) is 0.583. The van der Waals surface area contributed by atoms with Crippen molar-refractivity contribution in [3.63, 3.8) is 0 Å². The summed E-state index contributed by atoms with van der Waals surface area (Å²) in [6, 6.07) is 3.60. The molecular weight excluding hydrogens is 224 g/mol. The van der Waals surface area contributed by atoms with Gasteiger partial charge in [0.2, 0.25) is 0 Å². The van der Waals surface area contributed by atoms with Gasteiger partial charge in [0.15, 0.2) is 12.2 Å². The Balaban J connectivity index is 1.98. The maximum absolute atomic E-state index is 11.3. The van der Waals surface area contributed by atoms with Crippen LogP contribution in [-0.2, 0) is 25.6 Å². The van der Waals surface area contributed by atoms with Crippen LogP contribution in [0.3, 0.4) is 0 Å². The van der Waals surface area contributed by atoms with Gasteiger partial charge in [-0.05, 0) is 26.0 Å². The molecule has 0 aliphatic carbocycles. The highest BCUT2D eigenvalue weighted by Gasteiger charge is 2.30. The fourth-order valence-corrected chi connectivity index (χ4v) is 1.56. The number of cyclic esters (lactones) is 1. The molecule has 1 saturated heterocycles. The zero-order valence-electron chi connectivity index (χ0n) is 9.97. The van der Waals surface area contributed by atoms with Crippen LogP contribution in [0.5, 0.6) is 0 Å². The van der Waals surface area contributed by atoms with Crippen molar-refractivity contribution in [1.82, 2.24) is 0 Å². The quantitative estimate of drug-likeness (QED) is 0.751. The maximum atomic E-state index is 11.3. The van der Waals surface area contributed by atoms with Crippen LogP contribution in [0.15, 0.2) is 16.5 Å². The summed E-state index contributed by atoms with van der Waals surface area (Å²) in [5.41, 5.74) is 0. The summed E-state index contributed by atoms with van der Waals surface area (Å²) < 4.78 is 21.2. The number of carbonyl (C=O) groups is 1.